The molecule has 0 saturated carbocycles. The predicted octanol–water partition coefficient (Wildman–Crippen LogP) is 1.93. The SMILES string of the molecule is Cn1nccc1-c1cc(F)ccc1O. The summed E-state index contributed by atoms with van der Waals surface area (Å²) >= 11 is 0. The number of aromatic nitrogens is 2. The number of phenolic OH excluding ortho intramolecular Hbond substituents is 1. The molecule has 0 bridgehead atoms. The second kappa shape index (κ2) is 3.14. The molecule has 1 heterocycles. The lowest BCUT2D eigenvalue weighted by atomic mass is 10.1. The highest BCUT2D eigenvalue weighted by molar-refractivity contribution is 5.66. The molecule has 0 aliphatic heterocycles. The number of aryl methyl sites for hydroxylation is 1. The van der Waals surface area contributed by atoms with Crippen LogP contribution in [0, 0.1) is 5.82 Å². The Bertz CT molecular complexity index is 465. The van der Waals surface area contributed by atoms with E-state index in [1.54, 1.807) is 24.0 Å². The molecule has 2 rings (SSSR count). The van der Waals surface area contributed by atoms with Crippen LogP contribution >= 0.6 is 0 Å². The minimum Gasteiger partial charge on any atom is -0.507 e. The van der Waals surface area contributed by atoms with E-state index in [-0.39, 0.29) is 11.6 Å². The molecule has 0 amide bonds. The normalized spacial score (nSPS) is 10.4. The van der Waals surface area contributed by atoms with Crippen LogP contribution in [0.4, 0.5) is 4.39 Å². The summed E-state index contributed by atoms with van der Waals surface area (Å²) < 4.78 is 14.5. The van der Waals surface area contributed by atoms with E-state index in [1.807, 2.05) is 0 Å². The molecule has 0 aliphatic rings. The Morgan fingerprint density at radius 2 is 2.14 bits per heavy atom. The van der Waals surface area contributed by atoms with Crippen LogP contribution in [0.1, 0.15) is 0 Å². The number of rotatable bonds is 1. The molecule has 0 fully saturated rings. The van der Waals surface area contributed by atoms with Crippen molar-refractivity contribution >= 4 is 0 Å². The Morgan fingerprint density at radius 3 is 2.79 bits per heavy atom. The van der Waals surface area contributed by atoms with Crippen LogP contribution in [-0.4, -0.2) is 14.9 Å². The smallest absolute Gasteiger partial charge is 0.125 e. The van der Waals surface area contributed by atoms with Crippen molar-refractivity contribution in [2.75, 3.05) is 0 Å². The fraction of sp³-hybridized carbons (Fsp3) is 0.100. The minimum atomic E-state index is -0.376. The number of halogens is 1. The molecule has 2 aromatic rings. The molecular weight excluding hydrogens is 183 g/mol. The number of hydrogen-bond acceptors (Lipinski definition) is 2. The summed E-state index contributed by atoms with van der Waals surface area (Å²) in [7, 11) is 1.74. The number of phenols is 1. The zero-order chi connectivity index (χ0) is 10.1. The zero-order valence-corrected chi connectivity index (χ0v) is 7.61. The van der Waals surface area contributed by atoms with E-state index in [2.05, 4.69) is 5.10 Å². The van der Waals surface area contributed by atoms with Crippen molar-refractivity contribution in [2.45, 2.75) is 0 Å². The third-order valence-corrected chi connectivity index (χ3v) is 2.06. The summed E-state index contributed by atoms with van der Waals surface area (Å²) in [5, 5.41) is 13.5. The van der Waals surface area contributed by atoms with E-state index in [0.29, 0.717) is 11.3 Å². The molecule has 4 heteroatoms. The molecule has 0 atom stereocenters. The maximum Gasteiger partial charge on any atom is 0.125 e. The van der Waals surface area contributed by atoms with E-state index in [0.717, 1.165) is 0 Å². The highest BCUT2D eigenvalue weighted by Crippen LogP contribution is 2.28. The first-order chi connectivity index (χ1) is 6.68. The number of nitrogens with zero attached hydrogens (tertiary/aromatic N) is 2. The first-order valence-corrected chi connectivity index (χ1v) is 4.15. The van der Waals surface area contributed by atoms with Crippen LogP contribution in [0.2, 0.25) is 0 Å². The highest BCUT2D eigenvalue weighted by Gasteiger charge is 2.08. The van der Waals surface area contributed by atoms with Gasteiger partial charge < -0.3 is 5.11 Å². The molecule has 0 spiro atoms. The maximum atomic E-state index is 12.9. The van der Waals surface area contributed by atoms with Crippen LogP contribution in [-0.2, 0) is 7.05 Å². The minimum absolute atomic E-state index is 0.0509. The Balaban J connectivity index is 2.62. The van der Waals surface area contributed by atoms with E-state index in [4.69, 9.17) is 0 Å². The van der Waals surface area contributed by atoms with Gasteiger partial charge >= 0.3 is 0 Å². The summed E-state index contributed by atoms with van der Waals surface area (Å²) in [6.45, 7) is 0. The van der Waals surface area contributed by atoms with Crippen molar-refractivity contribution in [1.29, 1.82) is 0 Å². The predicted molar refractivity (Wildman–Crippen MR) is 50.3 cm³/mol. The van der Waals surface area contributed by atoms with E-state index in [1.165, 1.54) is 18.2 Å². The van der Waals surface area contributed by atoms with Crippen molar-refractivity contribution in [1.82, 2.24) is 9.78 Å². The summed E-state index contributed by atoms with van der Waals surface area (Å²) in [5.74, 6) is -0.325. The van der Waals surface area contributed by atoms with Crippen molar-refractivity contribution in [3.8, 4) is 17.0 Å². The van der Waals surface area contributed by atoms with Crippen molar-refractivity contribution in [2.24, 2.45) is 7.05 Å². The lowest BCUT2D eigenvalue weighted by Crippen LogP contribution is -1.93. The number of hydrogen-bond donors (Lipinski definition) is 1. The topological polar surface area (TPSA) is 38.0 Å². The van der Waals surface area contributed by atoms with E-state index >= 15 is 0 Å². The molecule has 72 valence electrons. The van der Waals surface area contributed by atoms with Gasteiger partial charge in [-0.1, -0.05) is 0 Å². The van der Waals surface area contributed by atoms with Gasteiger partial charge in [-0.3, -0.25) is 4.68 Å². The highest BCUT2D eigenvalue weighted by atomic mass is 19.1. The number of aromatic hydroxyl groups is 1. The van der Waals surface area contributed by atoms with Crippen LogP contribution in [0.3, 0.4) is 0 Å². The first-order valence-electron chi connectivity index (χ1n) is 4.15. The van der Waals surface area contributed by atoms with Gasteiger partial charge in [-0.05, 0) is 24.3 Å². The Hall–Kier alpha value is -1.84. The van der Waals surface area contributed by atoms with Crippen molar-refractivity contribution < 1.29 is 9.50 Å². The Morgan fingerprint density at radius 1 is 1.36 bits per heavy atom. The lowest BCUT2D eigenvalue weighted by Gasteiger charge is -2.04. The van der Waals surface area contributed by atoms with Crippen LogP contribution in [0.5, 0.6) is 5.75 Å². The average Bonchev–Trinajstić information content (AvgIpc) is 2.56. The van der Waals surface area contributed by atoms with Gasteiger partial charge in [0.25, 0.3) is 0 Å². The molecule has 1 aromatic heterocycles. The van der Waals surface area contributed by atoms with Gasteiger partial charge in [-0.25, -0.2) is 4.39 Å². The molecule has 3 nitrogen and oxygen atoms in total. The average molecular weight is 192 g/mol. The third-order valence-electron chi connectivity index (χ3n) is 2.06. The van der Waals surface area contributed by atoms with Gasteiger partial charge in [0, 0.05) is 18.8 Å². The second-order valence-corrected chi connectivity index (χ2v) is 3.00. The summed E-state index contributed by atoms with van der Waals surface area (Å²) in [4.78, 5) is 0. The van der Waals surface area contributed by atoms with Gasteiger partial charge in [0.2, 0.25) is 0 Å². The standard InChI is InChI=1S/C10H9FN2O/c1-13-9(4-5-12-13)8-6-7(11)2-3-10(8)14/h2-6,14H,1H3. The maximum absolute atomic E-state index is 12.9. The van der Waals surface area contributed by atoms with Gasteiger partial charge in [-0.2, -0.15) is 5.10 Å². The summed E-state index contributed by atoms with van der Waals surface area (Å²) in [6.07, 6.45) is 1.60. The molecule has 14 heavy (non-hydrogen) atoms. The second-order valence-electron chi connectivity index (χ2n) is 3.00. The van der Waals surface area contributed by atoms with Crippen molar-refractivity contribution in [3.05, 3.63) is 36.3 Å². The lowest BCUT2D eigenvalue weighted by molar-refractivity contribution is 0.474. The zero-order valence-electron chi connectivity index (χ0n) is 7.61. The molecule has 1 N–H and O–H groups in total. The quantitative estimate of drug-likeness (QED) is 0.749. The largest absolute Gasteiger partial charge is 0.507 e. The van der Waals surface area contributed by atoms with Crippen LogP contribution < -0.4 is 0 Å². The monoisotopic (exact) mass is 192 g/mol. The number of benzene rings is 1. The molecule has 0 radical (unpaired) electrons. The Labute approximate surface area is 80.4 Å². The van der Waals surface area contributed by atoms with E-state index in [9.17, 15) is 9.50 Å². The third kappa shape index (κ3) is 1.35. The summed E-state index contributed by atoms with van der Waals surface area (Å²) in [5.41, 5.74) is 1.13. The molecule has 1 aromatic carbocycles. The van der Waals surface area contributed by atoms with Crippen LogP contribution in [0.15, 0.2) is 30.5 Å². The summed E-state index contributed by atoms with van der Waals surface area (Å²) in [6, 6.07) is 5.55. The molecule has 0 unspecified atom stereocenters. The van der Waals surface area contributed by atoms with Gasteiger partial charge in [0.15, 0.2) is 0 Å². The van der Waals surface area contributed by atoms with E-state index < -0.39 is 0 Å². The van der Waals surface area contributed by atoms with Crippen LogP contribution in [0.25, 0.3) is 11.3 Å². The Kier molecular flexibility index (Phi) is 1.96. The first kappa shape index (κ1) is 8.74. The van der Waals surface area contributed by atoms with Gasteiger partial charge in [-0.15, -0.1) is 0 Å². The fourth-order valence-corrected chi connectivity index (χ4v) is 1.35. The molecule has 0 aliphatic carbocycles. The fourth-order valence-electron chi connectivity index (χ4n) is 1.35. The molecule has 0 saturated heterocycles. The molecular formula is C10H9FN2O. The van der Waals surface area contributed by atoms with Gasteiger partial charge in [0.05, 0.1) is 5.69 Å². The van der Waals surface area contributed by atoms with Gasteiger partial charge in [0.1, 0.15) is 11.6 Å². The van der Waals surface area contributed by atoms with Crippen molar-refractivity contribution in [3.63, 3.8) is 0 Å².